The van der Waals surface area contributed by atoms with Crippen molar-refractivity contribution in [2.45, 2.75) is 13.8 Å². The van der Waals surface area contributed by atoms with Gasteiger partial charge in [0.2, 0.25) is 0 Å². The molecule has 1 aromatic carbocycles. The van der Waals surface area contributed by atoms with Gasteiger partial charge in [0, 0.05) is 11.4 Å². The Morgan fingerprint density at radius 2 is 1.81 bits per heavy atom. The number of anilines is 1. The Balaban J connectivity index is 2.90. The minimum Gasteiger partial charge on any atom is -0.478 e. The van der Waals surface area contributed by atoms with Crippen LogP contribution in [0.3, 0.4) is 0 Å². The normalized spacial score (nSPS) is 12.4. The molecule has 3 nitrogen and oxygen atoms in total. The van der Waals surface area contributed by atoms with Gasteiger partial charge in [0.15, 0.2) is 0 Å². The summed E-state index contributed by atoms with van der Waals surface area (Å²) >= 11 is 0. The lowest BCUT2D eigenvalue weighted by molar-refractivity contribution is -0.132. The fraction of sp³-hybridized carbons (Fsp3) is 0.154. The maximum absolute atomic E-state index is 11.0. The highest BCUT2D eigenvalue weighted by Crippen LogP contribution is 2.15. The van der Waals surface area contributed by atoms with Crippen molar-refractivity contribution >= 4 is 11.7 Å². The van der Waals surface area contributed by atoms with E-state index in [1.165, 1.54) is 0 Å². The number of carboxylic acids is 1. The monoisotopic (exact) mass is 217 g/mol. The summed E-state index contributed by atoms with van der Waals surface area (Å²) in [6, 6.07) is 9.48. The summed E-state index contributed by atoms with van der Waals surface area (Å²) in [6.07, 6.45) is 3.32. The van der Waals surface area contributed by atoms with Gasteiger partial charge in [0.1, 0.15) is 0 Å². The molecule has 0 aliphatic carbocycles. The van der Waals surface area contributed by atoms with Gasteiger partial charge in [-0.25, -0.2) is 4.79 Å². The Kier molecular flexibility index (Phi) is 4.33. The molecule has 84 valence electrons. The minimum atomic E-state index is -0.931. The van der Waals surface area contributed by atoms with Crippen molar-refractivity contribution in [1.29, 1.82) is 0 Å². The summed E-state index contributed by atoms with van der Waals surface area (Å²) in [5.74, 6) is -0.931. The van der Waals surface area contributed by atoms with E-state index < -0.39 is 5.97 Å². The lowest BCUT2D eigenvalue weighted by atomic mass is 10.1. The molecule has 0 atom stereocenters. The SMILES string of the molecule is C/C=C(Nc1ccccc1)\C(=C/C)C(=O)O. The van der Waals surface area contributed by atoms with Crippen LogP contribution in [0.5, 0.6) is 0 Å². The standard InChI is InChI=1S/C13H15NO2/c1-3-11(13(15)16)12(4-2)14-10-8-6-5-7-9-10/h3-9,14H,1-2H3,(H,15,16)/b11-3+,12-4+. The predicted molar refractivity (Wildman–Crippen MR) is 65.2 cm³/mol. The number of hydrogen-bond acceptors (Lipinski definition) is 2. The zero-order valence-corrected chi connectivity index (χ0v) is 9.40. The number of carboxylic acid groups (broad SMARTS) is 1. The fourth-order valence-corrected chi connectivity index (χ4v) is 1.37. The van der Waals surface area contributed by atoms with Gasteiger partial charge >= 0.3 is 5.97 Å². The minimum absolute atomic E-state index is 0.270. The molecule has 0 spiro atoms. The van der Waals surface area contributed by atoms with Crippen LogP contribution in [0, 0.1) is 0 Å². The second kappa shape index (κ2) is 5.75. The lowest BCUT2D eigenvalue weighted by Crippen LogP contribution is -2.10. The molecule has 2 N–H and O–H groups in total. The largest absolute Gasteiger partial charge is 0.478 e. The van der Waals surface area contributed by atoms with Crippen LogP contribution in [0.1, 0.15) is 13.8 Å². The predicted octanol–water partition coefficient (Wildman–Crippen LogP) is 3.03. The molecule has 0 saturated carbocycles. The summed E-state index contributed by atoms with van der Waals surface area (Å²) in [4.78, 5) is 11.0. The molecule has 0 aliphatic rings. The molecule has 0 bridgehead atoms. The zero-order valence-electron chi connectivity index (χ0n) is 9.40. The molecule has 3 heteroatoms. The van der Waals surface area contributed by atoms with Gasteiger partial charge in [0.05, 0.1) is 5.57 Å². The number of aliphatic carboxylic acids is 1. The highest BCUT2D eigenvalue weighted by Gasteiger charge is 2.11. The maximum Gasteiger partial charge on any atom is 0.337 e. The first-order valence-corrected chi connectivity index (χ1v) is 5.07. The summed E-state index contributed by atoms with van der Waals surface area (Å²) in [6.45, 7) is 3.51. The Labute approximate surface area is 95.1 Å². The molecule has 0 heterocycles. The molecular formula is C13H15NO2. The van der Waals surface area contributed by atoms with Crippen molar-refractivity contribution in [2.24, 2.45) is 0 Å². The van der Waals surface area contributed by atoms with Crippen LogP contribution >= 0.6 is 0 Å². The van der Waals surface area contributed by atoms with E-state index in [1.54, 1.807) is 26.0 Å². The van der Waals surface area contributed by atoms with Crippen LogP contribution in [-0.2, 0) is 4.79 Å². The first kappa shape index (κ1) is 12.0. The van der Waals surface area contributed by atoms with Crippen LogP contribution in [-0.4, -0.2) is 11.1 Å². The highest BCUT2D eigenvalue weighted by atomic mass is 16.4. The van der Waals surface area contributed by atoms with Crippen molar-refractivity contribution in [3.8, 4) is 0 Å². The summed E-state index contributed by atoms with van der Waals surface area (Å²) in [5.41, 5.74) is 1.74. The van der Waals surface area contributed by atoms with Crippen molar-refractivity contribution in [3.63, 3.8) is 0 Å². The van der Waals surface area contributed by atoms with Crippen LogP contribution in [0.25, 0.3) is 0 Å². The fourth-order valence-electron chi connectivity index (χ4n) is 1.37. The Morgan fingerprint density at radius 3 is 2.25 bits per heavy atom. The van der Waals surface area contributed by atoms with Crippen molar-refractivity contribution in [2.75, 3.05) is 5.32 Å². The second-order valence-corrected chi connectivity index (χ2v) is 3.20. The smallest absolute Gasteiger partial charge is 0.337 e. The van der Waals surface area contributed by atoms with E-state index in [0.29, 0.717) is 5.70 Å². The Bertz CT molecular complexity index is 419. The van der Waals surface area contributed by atoms with Crippen LogP contribution in [0.15, 0.2) is 53.8 Å². The zero-order chi connectivity index (χ0) is 12.0. The third-order valence-electron chi connectivity index (χ3n) is 2.15. The van der Waals surface area contributed by atoms with E-state index in [4.69, 9.17) is 5.11 Å². The molecule has 0 saturated heterocycles. The number of allylic oxidation sites excluding steroid dienone is 2. The topological polar surface area (TPSA) is 49.3 Å². The highest BCUT2D eigenvalue weighted by molar-refractivity contribution is 5.92. The molecule has 0 fully saturated rings. The first-order chi connectivity index (χ1) is 7.69. The van der Waals surface area contributed by atoms with Crippen LogP contribution < -0.4 is 5.32 Å². The third kappa shape index (κ3) is 2.98. The molecule has 16 heavy (non-hydrogen) atoms. The van der Waals surface area contributed by atoms with Gasteiger partial charge in [-0.1, -0.05) is 30.4 Å². The van der Waals surface area contributed by atoms with E-state index in [1.807, 2.05) is 30.3 Å². The van der Waals surface area contributed by atoms with Crippen LogP contribution in [0.2, 0.25) is 0 Å². The Hall–Kier alpha value is -2.03. The average molecular weight is 217 g/mol. The molecule has 0 aliphatic heterocycles. The number of benzene rings is 1. The van der Waals surface area contributed by atoms with Gasteiger partial charge in [-0.3, -0.25) is 0 Å². The maximum atomic E-state index is 11.0. The second-order valence-electron chi connectivity index (χ2n) is 3.20. The first-order valence-electron chi connectivity index (χ1n) is 5.07. The summed E-state index contributed by atoms with van der Waals surface area (Å²) in [7, 11) is 0. The summed E-state index contributed by atoms with van der Waals surface area (Å²) < 4.78 is 0. The molecular weight excluding hydrogens is 202 g/mol. The van der Waals surface area contributed by atoms with Gasteiger partial charge in [-0.15, -0.1) is 0 Å². The van der Waals surface area contributed by atoms with E-state index in [2.05, 4.69) is 5.32 Å². The Morgan fingerprint density at radius 1 is 1.19 bits per heavy atom. The molecule has 1 rings (SSSR count). The number of rotatable bonds is 4. The average Bonchev–Trinajstić information content (AvgIpc) is 2.29. The van der Waals surface area contributed by atoms with E-state index in [0.717, 1.165) is 5.69 Å². The summed E-state index contributed by atoms with van der Waals surface area (Å²) in [5, 5.41) is 12.1. The lowest BCUT2D eigenvalue weighted by Gasteiger charge is -2.10. The van der Waals surface area contributed by atoms with Crippen LogP contribution in [0.4, 0.5) is 5.69 Å². The van der Waals surface area contributed by atoms with E-state index in [-0.39, 0.29) is 5.57 Å². The van der Waals surface area contributed by atoms with E-state index in [9.17, 15) is 4.79 Å². The van der Waals surface area contributed by atoms with E-state index >= 15 is 0 Å². The van der Waals surface area contributed by atoms with Gasteiger partial charge in [-0.2, -0.15) is 0 Å². The molecule has 0 aromatic heterocycles. The quantitative estimate of drug-likeness (QED) is 0.602. The number of carbonyl (C=O) groups is 1. The van der Waals surface area contributed by atoms with Crippen molar-refractivity contribution < 1.29 is 9.90 Å². The van der Waals surface area contributed by atoms with Gasteiger partial charge in [-0.05, 0) is 26.0 Å². The number of hydrogen-bond donors (Lipinski definition) is 2. The number of nitrogens with one attached hydrogen (secondary N) is 1. The molecule has 0 amide bonds. The number of para-hydroxylation sites is 1. The molecule has 1 aromatic rings. The molecule has 0 radical (unpaired) electrons. The van der Waals surface area contributed by atoms with Gasteiger partial charge < -0.3 is 10.4 Å². The van der Waals surface area contributed by atoms with Crippen molar-refractivity contribution in [3.05, 3.63) is 53.8 Å². The van der Waals surface area contributed by atoms with Crippen molar-refractivity contribution in [1.82, 2.24) is 0 Å². The molecule has 0 unspecified atom stereocenters. The third-order valence-corrected chi connectivity index (χ3v) is 2.15. The van der Waals surface area contributed by atoms with Gasteiger partial charge in [0.25, 0.3) is 0 Å².